The van der Waals surface area contributed by atoms with E-state index >= 15 is 0 Å². The van der Waals surface area contributed by atoms with Crippen LogP contribution in [0.3, 0.4) is 0 Å². The maximum Gasteiger partial charge on any atom is 0.220 e. The number of aliphatic hydroxyl groups excluding tert-OH is 11. The Labute approximate surface area is 554 Å². The number of ether oxygens (including phenoxy) is 6. The predicted octanol–water partition coefficient (Wildman–Crippen LogP) is 10.3. The van der Waals surface area contributed by atoms with Gasteiger partial charge >= 0.3 is 0 Å². The highest BCUT2D eigenvalue weighted by Gasteiger charge is 2.53. The largest absolute Gasteiger partial charge is 0.394 e. The van der Waals surface area contributed by atoms with E-state index in [0.29, 0.717) is 12.8 Å². The van der Waals surface area contributed by atoms with Gasteiger partial charge in [-0.15, -0.1) is 0 Å². The van der Waals surface area contributed by atoms with Crippen molar-refractivity contribution in [3.63, 3.8) is 0 Å². The fourth-order valence-electron chi connectivity index (χ4n) is 12.1. The SMILES string of the molecule is CCCCCCC/C=C\C/C=C\C/C=C\CCCCCCCCCCCCCCCCCCC(=O)NC(COC1OC(CO)C(OC2OC(CO)C(OC3OC(CO)C(O)C(O)C3O)C(O)C2O)C(O)C1O)C(O)/C=C/CC/C=C/CCCCCCCCCCCC. The molecule has 0 bridgehead atoms. The second kappa shape index (κ2) is 54.5. The van der Waals surface area contributed by atoms with E-state index in [-0.39, 0.29) is 18.9 Å². The van der Waals surface area contributed by atoms with E-state index in [1.54, 1.807) is 6.08 Å². The first kappa shape index (κ1) is 83.7. The summed E-state index contributed by atoms with van der Waals surface area (Å²) in [5.74, 6) is -0.285. The summed E-state index contributed by atoms with van der Waals surface area (Å²) in [5.41, 5.74) is 0. The van der Waals surface area contributed by atoms with E-state index in [4.69, 9.17) is 28.4 Å². The molecule has 3 saturated heterocycles. The monoisotopic (exact) mass is 1310 g/mol. The van der Waals surface area contributed by atoms with Crippen molar-refractivity contribution in [1.82, 2.24) is 5.32 Å². The van der Waals surface area contributed by atoms with Gasteiger partial charge in [0.25, 0.3) is 0 Å². The van der Waals surface area contributed by atoms with Gasteiger partial charge in [-0.3, -0.25) is 4.79 Å². The summed E-state index contributed by atoms with van der Waals surface area (Å²) in [6.07, 6.45) is 40.6. The number of rotatable bonds is 56. The van der Waals surface area contributed by atoms with Crippen molar-refractivity contribution in [3.8, 4) is 0 Å². The zero-order chi connectivity index (χ0) is 66.8. The molecule has 92 heavy (non-hydrogen) atoms. The van der Waals surface area contributed by atoms with E-state index in [2.05, 4.69) is 67.8 Å². The van der Waals surface area contributed by atoms with Gasteiger partial charge in [0.05, 0.1) is 38.6 Å². The van der Waals surface area contributed by atoms with Crippen molar-refractivity contribution in [2.24, 2.45) is 0 Å². The third-order valence-electron chi connectivity index (χ3n) is 18.0. The number of unbranched alkanes of at least 4 members (excludes halogenated alkanes) is 32. The van der Waals surface area contributed by atoms with Gasteiger partial charge in [0.1, 0.15) is 73.2 Å². The minimum Gasteiger partial charge on any atom is -0.394 e. The van der Waals surface area contributed by atoms with Crippen LogP contribution in [0.2, 0.25) is 0 Å². The Balaban J connectivity index is 1.39. The molecular formula is C73H131NO18. The zero-order valence-electron chi connectivity index (χ0n) is 56.8. The minimum atomic E-state index is -1.98. The van der Waals surface area contributed by atoms with Crippen molar-refractivity contribution in [1.29, 1.82) is 0 Å². The van der Waals surface area contributed by atoms with Gasteiger partial charge in [-0.2, -0.15) is 0 Å². The molecule has 0 aromatic carbocycles. The third kappa shape index (κ3) is 35.7. The lowest BCUT2D eigenvalue weighted by Gasteiger charge is -2.48. The summed E-state index contributed by atoms with van der Waals surface area (Å²) in [4.78, 5) is 13.4. The molecule has 19 nitrogen and oxygen atoms in total. The fraction of sp³-hybridized carbons (Fsp3) is 0.849. The zero-order valence-corrected chi connectivity index (χ0v) is 56.8. The quantitative estimate of drug-likeness (QED) is 0.0199. The summed E-state index contributed by atoms with van der Waals surface area (Å²) < 4.78 is 34.3. The number of nitrogens with one attached hydrogen (secondary N) is 1. The summed E-state index contributed by atoms with van der Waals surface area (Å²) in [6, 6.07) is -0.991. The lowest BCUT2D eigenvalue weighted by molar-refractivity contribution is -0.379. The van der Waals surface area contributed by atoms with Gasteiger partial charge < -0.3 is 89.9 Å². The average Bonchev–Trinajstić information content (AvgIpc) is 0.834. The van der Waals surface area contributed by atoms with Gasteiger partial charge in [0.15, 0.2) is 18.9 Å². The van der Waals surface area contributed by atoms with Crippen LogP contribution in [0.1, 0.15) is 264 Å². The molecule has 3 rings (SSSR count). The summed E-state index contributed by atoms with van der Waals surface area (Å²) in [7, 11) is 0. The van der Waals surface area contributed by atoms with E-state index in [9.17, 15) is 61.0 Å². The van der Waals surface area contributed by atoms with Crippen molar-refractivity contribution >= 4 is 5.91 Å². The lowest BCUT2D eigenvalue weighted by atomic mass is 9.96. The Bertz CT molecular complexity index is 1900. The van der Waals surface area contributed by atoms with Crippen LogP contribution in [0.4, 0.5) is 0 Å². The molecule has 0 spiro atoms. The molecule has 0 radical (unpaired) electrons. The van der Waals surface area contributed by atoms with Crippen LogP contribution in [-0.4, -0.2) is 193 Å². The van der Waals surface area contributed by atoms with Crippen molar-refractivity contribution in [3.05, 3.63) is 60.8 Å². The average molecular weight is 1310 g/mol. The summed E-state index contributed by atoms with van der Waals surface area (Å²) >= 11 is 0. The molecule has 3 aliphatic rings. The van der Waals surface area contributed by atoms with Crippen LogP contribution in [0.25, 0.3) is 0 Å². The number of aliphatic hydroxyl groups is 11. The Morgan fingerprint density at radius 2 is 0.728 bits per heavy atom. The second-order valence-electron chi connectivity index (χ2n) is 26.0. The Kier molecular flexibility index (Phi) is 49.6. The molecule has 0 aromatic rings. The Morgan fingerprint density at radius 3 is 1.16 bits per heavy atom. The molecule has 3 heterocycles. The number of hydrogen-bond donors (Lipinski definition) is 12. The molecule has 19 heteroatoms. The van der Waals surface area contributed by atoms with Crippen LogP contribution in [0.5, 0.6) is 0 Å². The topological polar surface area (TPSA) is 307 Å². The van der Waals surface area contributed by atoms with E-state index in [1.807, 2.05) is 6.08 Å². The van der Waals surface area contributed by atoms with Crippen LogP contribution >= 0.6 is 0 Å². The molecule has 3 fully saturated rings. The molecule has 12 N–H and O–H groups in total. The molecule has 0 aliphatic carbocycles. The summed E-state index contributed by atoms with van der Waals surface area (Å²) in [5, 5.41) is 121. The smallest absolute Gasteiger partial charge is 0.220 e. The third-order valence-corrected chi connectivity index (χ3v) is 18.0. The van der Waals surface area contributed by atoms with Crippen LogP contribution < -0.4 is 5.32 Å². The van der Waals surface area contributed by atoms with Gasteiger partial charge in [0, 0.05) is 6.42 Å². The minimum absolute atomic E-state index is 0.235. The molecule has 3 aliphatic heterocycles. The summed E-state index contributed by atoms with van der Waals surface area (Å²) in [6.45, 7) is 1.71. The first-order valence-corrected chi connectivity index (χ1v) is 36.5. The van der Waals surface area contributed by atoms with Gasteiger partial charge in [-0.05, 0) is 70.6 Å². The predicted molar refractivity (Wildman–Crippen MR) is 360 cm³/mol. The lowest BCUT2D eigenvalue weighted by Crippen LogP contribution is -2.66. The Hall–Kier alpha value is -2.51. The van der Waals surface area contributed by atoms with Crippen LogP contribution in [-0.2, 0) is 33.2 Å². The van der Waals surface area contributed by atoms with E-state index in [0.717, 1.165) is 51.4 Å². The molecule has 17 unspecified atom stereocenters. The Morgan fingerprint density at radius 1 is 0.391 bits per heavy atom. The maximum atomic E-state index is 13.4. The molecule has 536 valence electrons. The van der Waals surface area contributed by atoms with E-state index in [1.165, 1.54) is 180 Å². The van der Waals surface area contributed by atoms with Crippen LogP contribution in [0, 0.1) is 0 Å². The maximum absolute atomic E-state index is 13.4. The number of carbonyl (C=O) groups excluding carboxylic acids is 1. The fourth-order valence-corrected chi connectivity index (χ4v) is 12.1. The number of amides is 1. The normalized spacial score (nSPS) is 28.0. The highest BCUT2D eigenvalue weighted by atomic mass is 16.8. The van der Waals surface area contributed by atoms with E-state index < -0.39 is 124 Å². The highest BCUT2D eigenvalue weighted by molar-refractivity contribution is 5.76. The number of hydrogen-bond acceptors (Lipinski definition) is 18. The molecule has 0 saturated carbocycles. The van der Waals surface area contributed by atoms with Crippen molar-refractivity contribution in [2.45, 2.75) is 369 Å². The van der Waals surface area contributed by atoms with Crippen molar-refractivity contribution in [2.75, 3.05) is 26.4 Å². The second-order valence-corrected chi connectivity index (χ2v) is 26.0. The first-order chi connectivity index (χ1) is 44.8. The first-order valence-electron chi connectivity index (χ1n) is 36.5. The molecule has 17 atom stereocenters. The standard InChI is InChI=1S/C73H131NO18/c1-3-5-7-9-11-13-15-17-19-21-22-23-24-25-26-27-28-29-30-31-32-33-34-35-37-39-41-43-45-47-49-51-61(79)74-56(57(78)50-48-46-44-42-40-38-36-20-18-16-14-12-10-8-6-4-2)55-87-71-67(85)64(82)69(59(53-76)89-71)92-73-68(86)65(83)70(60(54-77)90-73)91-72-66(84)63(81)62(80)58(52-75)88-72/h15,17,21-22,24-25,40,42,48,50,56-60,62-73,75-78,80-86H,3-14,16,18-20,23,26-39,41,43-47,49,51-55H2,1-2H3,(H,74,79)/b17-15-,22-21-,25-24-,42-40+,50-48+. The highest BCUT2D eigenvalue weighted by Crippen LogP contribution is 2.33. The number of allylic oxidation sites excluding steroid dienone is 9. The molecular weight excluding hydrogens is 1180 g/mol. The van der Waals surface area contributed by atoms with Gasteiger partial charge in [-0.25, -0.2) is 0 Å². The van der Waals surface area contributed by atoms with Crippen LogP contribution in [0.15, 0.2) is 60.8 Å². The molecule has 1 amide bonds. The van der Waals surface area contributed by atoms with Gasteiger partial charge in [-0.1, -0.05) is 248 Å². The van der Waals surface area contributed by atoms with Crippen molar-refractivity contribution < 1.29 is 89.4 Å². The molecule has 0 aromatic heterocycles. The number of carbonyl (C=O) groups is 1. The van der Waals surface area contributed by atoms with Gasteiger partial charge in [0.2, 0.25) is 5.91 Å².